The van der Waals surface area contributed by atoms with Gasteiger partial charge in [-0.15, -0.1) is 0 Å². The Bertz CT molecular complexity index is 801. The summed E-state index contributed by atoms with van der Waals surface area (Å²) in [6, 6.07) is 13.8. The van der Waals surface area contributed by atoms with Gasteiger partial charge in [-0.2, -0.15) is 5.26 Å². The van der Waals surface area contributed by atoms with Crippen LogP contribution in [0.5, 0.6) is 17.2 Å². The number of carbonyl (C=O) groups excluding carboxylic acids is 1. The van der Waals surface area contributed by atoms with E-state index in [0.29, 0.717) is 28.4 Å². The molecule has 5 heteroatoms. The van der Waals surface area contributed by atoms with Crippen LogP contribution in [-0.4, -0.2) is 27.1 Å². The highest BCUT2D eigenvalue weighted by molar-refractivity contribution is 6.14. The smallest absolute Gasteiger partial charge is 0.203 e. The Morgan fingerprint density at radius 3 is 2.25 bits per heavy atom. The lowest BCUT2D eigenvalue weighted by atomic mass is 10.0. The highest BCUT2D eigenvalue weighted by atomic mass is 16.5. The summed E-state index contributed by atoms with van der Waals surface area (Å²) < 4.78 is 15.6. The number of carbonyl (C=O) groups is 1. The second kappa shape index (κ2) is 7.84. The molecule has 0 spiro atoms. The van der Waals surface area contributed by atoms with Crippen molar-refractivity contribution < 1.29 is 19.0 Å². The van der Waals surface area contributed by atoms with E-state index in [-0.39, 0.29) is 11.4 Å². The minimum atomic E-state index is -0.370. The summed E-state index contributed by atoms with van der Waals surface area (Å²) >= 11 is 0. The van der Waals surface area contributed by atoms with Crippen LogP contribution in [0.4, 0.5) is 0 Å². The molecule has 0 fully saturated rings. The van der Waals surface area contributed by atoms with Gasteiger partial charge in [0, 0.05) is 11.1 Å². The van der Waals surface area contributed by atoms with Crippen molar-refractivity contribution in [3.8, 4) is 23.3 Å². The molecule has 0 unspecified atom stereocenters. The van der Waals surface area contributed by atoms with E-state index in [1.165, 1.54) is 20.3 Å². The SMILES string of the molecule is COc1ccc(C(=O)/C(C#N)=C/c2cccc(OC)c2OC)cc1. The first-order valence-corrected chi connectivity index (χ1v) is 7.16. The lowest BCUT2D eigenvalue weighted by Crippen LogP contribution is -2.02. The molecule has 122 valence electrons. The minimum Gasteiger partial charge on any atom is -0.497 e. The van der Waals surface area contributed by atoms with Crippen molar-refractivity contribution in [2.24, 2.45) is 0 Å². The number of allylic oxidation sites excluding steroid dienone is 1. The van der Waals surface area contributed by atoms with Crippen LogP contribution in [0, 0.1) is 11.3 Å². The van der Waals surface area contributed by atoms with Crippen LogP contribution in [-0.2, 0) is 0 Å². The van der Waals surface area contributed by atoms with E-state index in [1.54, 1.807) is 49.6 Å². The maximum atomic E-state index is 12.5. The monoisotopic (exact) mass is 323 g/mol. The summed E-state index contributed by atoms with van der Waals surface area (Å²) in [5, 5.41) is 9.37. The average molecular weight is 323 g/mol. The third kappa shape index (κ3) is 3.55. The zero-order chi connectivity index (χ0) is 17.5. The Morgan fingerprint density at radius 1 is 1.00 bits per heavy atom. The molecular weight excluding hydrogens is 306 g/mol. The number of ketones is 1. The molecule has 5 nitrogen and oxygen atoms in total. The fourth-order valence-electron chi connectivity index (χ4n) is 2.23. The molecule has 0 radical (unpaired) electrons. The predicted molar refractivity (Wildman–Crippen MR) is 90.5 cm³/mol. The van der Waals surface area contributed by atoms with Crippen LogP contribution in [0.15, 0.2) is 48.0 Å². The molecule has 24 heavy (non-hydrogen) atoms. The van der Waals surface area contributed by atoms with E-state index < -0.39 is 0 Å². The molecule has 0 aliphatic rings. The minimum absolute atomic E-state index is 0.00622. The number of Topliss-reactive ketones (excluding diaryl/α,β-unsaturated/α-hetero) is 1. The molecule has 0 amide bonds. The van der Waals surface area contributed by atoms with Gasteiger partial charge in [-0.05, 0) is 36.4 Å². The maximum absolute atomic E-state index is 12.5. The Balaban J connectivity index is 2.42. The van der Waals surface area contributed by atoms with Gasteiger partial charge >= 0.3 is 0 Å². The Morgan fingerprint density at radius 2 is 1.71 bits per heavy atom. The summed E-state index contributed by atoms with van der Waals surface area (Å²) in [4.78, 5) is 12.5. The van der Waals surface area contributed by atoms with Crippen LogP contribution in [0.25, 0.3) is 6.08 Å². The molecule has 2 aromatic carbocycles. The van der Waals surface area contributed by atoms with Crippen molar-refractivity contribution in [2.75, 3.05) is 21.3 Å². The number of benzene rings is 2. The lowest BCUT2D eigenvalue weighted by molar-refractivity contribution is 0.104. The fourth-order valence-corrected chi connectivity index (χ4v) is 2.23. The molecular formula is C19H17NO4. The summed E-state index contributed by atoms with van der Waals surface area (Å²) in [7, 11) is 4.58. The van der Waals surface area contributed by atoms with Gasteiger partial charge in [0.2, 0.25) is 5.78 Å². The summed E-state index contributed by atoms with van der Waals surface area (Å²) in [5.74, 6) is 1.27. The van der Waals surface area contributed by atoms with Crippen molar-refractivity contribution in [1.82, 2.24) is 0 Å². The summed E-state index contributed by atoms with van der Waals surface area (Å²) in [5.41, 5.74) is 1.01. The van der Waals surface area contributed by atoms with Crippen molar-refractivity contribution in [3.63, 3.8) is 0 Å². The standard InChI is InChI=1S/C19H17NO4/c1-22-16-9-7-13(8-10-16)18(21)15(12-20)11-14-5-4-6-17(23-2)19(14)24-3/h4-11H,1-3H3/b15-11+. The first kappa shape index (κ1) is 17.1. The van der Waals surface area contributed by atoms with Crippen molar-refractivity contribution in [1.29, 1.82) is 5.26 Å². The van der Waals surface area contributed by atoms with Gasteiger partial charge in [0.15, 0.2) is 11.5 Å². The fraction of sp³-hybridized carbons (Fsp3) is 0.158. The largest absolute Gasteiger partial charge is 0.497 e. The van der Waals surface area contributed by atoms with Crippen LogP contribution in [0.2, 0.25) is 0 Å². The number of para-hydroxylation sites is 1. The van der Waals surface area contributed by atoms with Crippen molar-refractivity contribution >= 4 is 11.9 Å². The molecule has 0 aliphatic carbocycles. The quantitative estimate of drug-likeness (QED) is 0.462. The van der Waals surface area contributed by atoms with Gasteiger partial charge in [-0.25, -0.2) is 0 Å². The van der Waals surface area contributed by atoms with E-state index in [1.807, 2.05) is 6.07 Å². The summed E-state index contributed by atoms with van der Waals surface area (Å²) in [6.45, 7) is 0. The Kier molecular flexibility index (Phi) is 5.58. The molecule has 2 aromatic rings. The van der Waals surface area contributed by atoms with E-state index in [0.717, 1.165) is 0 Å². The second-order valence-electron chi connectivity index (χ2n) is 4.81. The molecule has 0 aliphatic heterocycles. The molecule has 0 N–H and O–H groups in total. The molecule has 0 atom stereocenters. The summed E-state index contributed by atoms with van der Waals surface area (Å²) in [6.07, 6.45) is 1.49. The van der Waals surface area contributed by atoms with Crippen molar-refractivity contribution in [2.45, 2.75) is 0 Å². The van der Waals surface area contributed by atoms with E-state index in [4.69, 9.17) is 14.2 Å². The number of ether oxygens (including phenoxy) is 3. The van der Waals surface area contributed by atoms with Crippen molar-refractivity contribution in [3.05, 3.63) is 59.2 Å². The van der Waals surface area contributed by atoms with Gasteiger partial charge in [-0.3, -0.25) is 4.79 Å². The normalized spacial score (nSPS) is 10.7. The highest BCUT2D eigenvalue weighted by Crippen LogP contribution is 2.32. The number of hydrogen-bond donors (Lipinski definition) is 0. The zero-order valence-corrected chi connectivity index (χ0v) is 13.7. The van der Waals surface area contributed by atoms with Gasteiger partial charge in [-0.1, -0.05) is 12.1 Å². The molecule has 0 aromatic heterocycles. The topological polar surface area (TPSA) is 68.6 Å². The first-order valence-electron chi connectivity index (χ1n) is 7.16. The lowest BCUT2D eigenvalue weighted by Gasteiger charge is -2.10. The Hall–Kier alpha value is -3.26. The maximum Gasteiger partial charge on any atom is 0.203 e. The third-order valence-corrected chi connectivity index (χ3v) is 3.45. The highest BCUT2D eigenvalue weighted by Gasteiger charge is 2.15. The number of hydrogen-bond acceptors (Lipinski definition) is 5. The number of methoxy groups -OCH3 is 3. The van der Waals surface area contributed by atoms with Crippen LogP contribution in [0.1, 0.15) is 15.9 Å². The van der Waals surface area contributed by atoms with Crippen LogP contribution < -0.4 is 14.2 Å². The molecule has 2 rings (SSSR count). The first-order chi connectivity index (χ1) is 11.6. The second-order valence-corrected chi connectivity index (χ2v) is 4.81. The van der Waals surface area contributed by atoms with E-state index in [9.17, 15) is 10.1 Å². The van der Waals surface area contributed by atoms with Gasteiger partial charge in [0.1, 0.15) is 17.4 Å². The molecule has 0 heterocycles. The molecule has 0 saturated heterocycles. The number of rotatable bonds is 6. The molecule has 0 saturated carbocycles. The van der Waals surface area contributed by atoms with E-state index in [2.05, 4.69) is 0 Å². The van der Waals surface area contributed by atoms with Crippen LogP contribution in [0.3, 0.4) is 0 Å². The van der Waals surface area contributed by atoms with Gasteiger partial charge in [0.05, 0.1) is 21.3 Å². The van der Waals surface area contributed by atoms with E-state index >= 15 is 0 Å². The number of nitriles is 1. The molecule has 0 bridgehead atoms. The third-order valence-electron chi connectivity index (χ3n) is 3.45. The zero-order valence-electron chi connectivity index (χ0n) is 13.7. The van der Waals surface area contributed by atoms with Crippen LogP contribution >= 0.6 is 0 Å². The predicted octanol–water partition coefficient (Wildman–Crippen LogP) is 3.50. The average Bonchev–Trinajstić information content (AvgIpc) is 2.65. The van der Waals surface area contributed by atoms with Gasteiger partial charge in [0.25, 0.3) is 0 Å². The number of nitrogens with zero attached hydrogens (tertiary/aromatic N) is 1. The Labute approximate surface area is 140 Å². The van der Waals surface area contributed by atoms with Gasteiger partial charge < -0.3 is 14.2 Å².